The van der Waals surface area contributed by atoms with Crippen LogP contribution in [0.1, 0.15) is 36.9 Å². The molecule has 1 aliphatic heterocycles. The van der Waals surface area contributed by atoms with Gasteiger partial charge in [-0.15, -0.1) is 0 Å². The maximum absolute atomic E-state index is 13.8. The van der Waals surface area contributed by atoms with Crippen LogP contribution < -0.4 is 5.32 Å². The van der Waals surface area contributed by atoms with Crippen LogP contribution in [0.3, 0.4) is 0 Å². The minimum Gasteiger partial charge on any atom is -0.354 e. The SMILES string of the molecule is CC(Cc1ccccc1F)C(=O)NCC(c1cccc(Cl)c1)N1CCCC1. The van der Waals surface area contributed by atoms with E-state index in [0.717, 1.165) is 18.7 Å². The van der Waals surface area contributed by atoms with Crippen LogP contribution in [0.4, 0.5) is 4.39 Å². The number of nitrogens with one attached hydrogen (secondary N) is 1. The normalized spacial score (nSPS) is 16.9. The molecule has 0 aromatic heterocycles. The lowest BCUT2D eigenvalue weighted by atomic mass is 9.99. The van der Waals surface area contributed by atoms with E-state index in [2.05, 4.69) is 16.3 Å². The van der Waals surface area contributed by atoms with Crippen molar-refractivity contribution in [2.24, 2.45) is 5.92 Å². The average molecular weight is 389 g/mol. The number of amides is 1. The van der Waals surface area contributed by atoms with Crippen molar-refractivity contribution in [2.75, 3.05) is 19.6 Å². The molecule has 2 atom stereocenters. The summed E-state index contributed by atoms with van der Waals surface area (Å²) in [6.07, 6.45) is 2.74. The molecule has 1 aliphatic rings. The zero-order chi connectivity index (χ0) is 19.2. The van der Waals surface area contributed by atoms with Crippen LogP contribution >= 0.6 is 11.6 Å². The Hall–Kier alpha value is -1.91. The van der Waals surface area contributed by atoms with Crippen LogP contribution in [0.5, 0.6) is 0 Å². The van der Waals surface area contributed by atoms with Gasteiger partial charge in [0.05, 0.1) is 6.04 Å². The van der Waals surface area contributed by atoms with Crippen molar-refractivity contribution in [1.29, 1.82) is 0 Å². The topological polar surface area (TPSA) is 32.3 Å². The molecule has 0 bridgehead atoms. The molecule has 5 heteroatoms. The minimum absolute atomic E-state index is 0.0514. The molecule has 2 aromatic rings. The van der Waals surface area contributed by atoms with Crippen molar-refractivity contribution in [3.63, 3.8) is 0 Å². The highest BCUT2D eigenvalue weighted by Gasteiger charge is 2.25. The lowest BCUT2D eigenvalue weighted by Crippen LogP contribution is -2.39. The van der Waals surface area contributed by atoms with Gasteiger partial charge >= 0.3 is 0 Å². The van der Waals surface area contributed by atoms with Gasteiger partial charge in [-0.3, -0.25) is 9.69 Å². The van der Waals surface area contributed by atoms with Crippen molar-refractivity contribution in [2.45, 2.75) is 32.2 Å². The number of likely N-dealkylation sites (tertiary alicyclic amines) is 1. The number of carbonyl (C=O) groups excluding carboxylic acids is 1. The highest BCUT2D eigenvalue weighted by atomic mass is 35.5. The highest BCUT2D eigenvalue weighted by Crippen LogP contribution is 2.26. The molecule has 0 aliphatic carbocycles. The molecule has 0 saturated carbocycles. The fraction of sp³-hybridized carbons (Fsp3) is 0.409. The molecular formula is C22H26ClFN2O. The van der Waals surface area contributed by atoms with Crippen LogP contribution in [0, 0.1) is 11.7 Å². The van der Waals surface area contributed by atoms with E-state index in [-0.39, 0.29) is 23.7 Å². The Morgan fingerprint density at radius 2 is 1.93 bits per heavy atom. The monoisotopic (exact) mass is 388 g/mol. The summed E-state index contributed by atoms with van der Waals surface area (Å²) in [6.45, 7) is 4.42. The van der Waals surface area contributed by atoms with E-state index < -0.39 is 0 Å². The number of benzene rings is 2. The third-order valence-corrected chi connectivity index (χ3v) is 5.45. The van der Waals surface area contributed by atoms with Crippen LogP contribution in [0.15, 0.2) is 48.5 Å². The number of nitrogens with zero attached hydrogens (tertiary/aromatic N) is 1. The van der Waals surface area contributed by atoms with E-state index in [0.29, 0.717) is 23.6 Å². The van der Waals surface area contributed by atoms with Crippen molar-refractivity contribution in [3.8, 4) is 0 Å². The third kappa shape index (κ3) is 5.30. The summed E-state index contributed by atoms with van der Waals surface area (Å²) >= 11 is 6.17. The summed E-state index contributed by atoms with van der Waals surface area (Å²) in [4.78, 5) is 15.0. The third-order valence-electron chi connectivity index (χ3n) is 5.22. The van der Waals surface area contributed by atoms with Crippen molar-refractivity contribution in [3.05, 3.63) is 70.5 Å². The lowest BCUT2D eigenvalue weighted by Gasteiger charge is -2.29. The Morgan fingerprint density at radius 1 is 1.19 bits per heavy atom. The molecule has 1 N–H and O–H groups in total. The van der Waals surface area contributed by atoms with Crippen molar-refractivity contribution in [1.82, 2.24) is 10.2 Å². The number of rotatable bonds is 7. The zero-order valence-corrected chi connectivity index (χ0v) is 16.4. The molecule has 2 unspecified atom stereocenters. The molecule has 2 aromatic carbocycles. The maximum atomic E-state index is 13.8. The second-order valence-corrected chi connectivity index (χ2v) is 7.69. The molecule has 1 saturated heterocycles. The number of halogens is 2. The van der Waals surface area contributed by atoms with Crippen LogP contribution in [0.25, 0.3) is 0 Å². The molecule has 1 amide bonds. The molecule has 3 rings (SSSR count). The molecular weight excluding hydrogens is 363 g/mol. The van der Waals surface area contributed by atoms with E-state index in [9.17, 15) is 9.18 Å². The molecule has 1 fully saturated rings. The summed E-state index contributed by atoms with van der Waals surface area (Å²) in [6, 6.07) is 14.6. The second-order valence-electron chi connectivity index (χ2n) is 7.26. The Balaban J connectivity index is 1.64. The summed E-state index contributed by atoms with van der Waals surface area (Å²) in [7, 11) is 0. The van der Waals surface area contributed by atoms with E-state index in [1.54, 1.807) is 18.2 Å². The summed E-state index contributed by atoms with van der Waals surface area (Å²) < 4.78 is 13.8. The number of hydrogen-bond donors (Lipinski definition) is 1. The largest absolute Gasteiger partial charge is 0.354 e. The van der Waals surface area contributed by atoms with Gasteiger partial charge in [-0.1, -0.05) is 48.9 Å². The summed E-state index contributed by atoms with van der Waals surface area (Å²) in [5.41, 5.74) is 1.69. The van der Waals surface area contributed by atoms with E-state index in [1.165, 1.54) is 18.9 Å². The van der Waals surface area contributed by atoms with E-state index >= 15 is 0 Å². The van der Waals surface area contributed by atoms with Gasteiger partial charge in [-0.2, -0.15) is 0 Å². The summed E-state index contributed by atoms with van der Waals surface area (Å²) in [5, 5.41) is 3.78. The van der Waals surface area contributed by atoms with E-state index in [4.69, 9.17) is 11.6 Å². The second kappa shape index (κ2) is 9.34. The predicted octanol–water partition coefficient (Wildman–Crippen LogP) is 4.61. The maximum Gasteiger partial charge on any atom is 0.223 e. The predicted molar refractivity (Wildman–Crippen MR) is 107 cm³/mol. The van der Waals surface area contributed by atoms with Crippen LogP contribution in [-0.2, 0) is 11.2 Å². The van der Waals surface area contributed by atoms with Gasteiger partial charge in [-0.25, -0.2) is 4.39 Å². The summed E-state index contributed by atoms with van der Waals surface area (Å²) in [5.74, 6) is -0.601. The van der Waals surface area contributed by atoms with Crippen molar-refractivity contribution < 1.29 is 9.18 Å². The fourth-order valence-electron chi connectivity index (χ4n) is 3.68. The molecule has 0 spiro atoms. The van der Waals surface area contributed by atoms with Gasteiger partial charge < -0.3 is 5.32 Å². The average Bonchev–Trinajstić information content (AvgIpc) is 3.18. The molecule has 27 heavy (non-hydrogen) atoms. The first-order valence-corrected chi connectivity index (χ1v) is 9.93. The lowest BCUT2D eigenvalue weighted by molar-refractivity contribution is -0.124. The Morgan fingerprint density at radius 3 is 2.63 bits per heavy atom. The first-order valence-electron chi connectivity index (χ1n) is 9.55. The first-order chi connectivity index (χ1) is 13.0. The van der Waals surface area contributed by atoms with Gasteiger partial charge in [0.15, 0.2) is 0 Å². The fourth-order valence-corrected chi connectivity index (χ4v) is 3.88. The molecule has 1 heterocycles. The molecule has 3 nitrogen and oxygen atoms in total. The number of hydrogen-bond acceptors (Lipinski definition) is 2. The Kier molecular flexibility index (Phi) is 6.86. The molecule has 144 valence electrons. The minimum atomic E-state index is -0.291. The van der Waals surface area contributed by atoms with Gasteiger partial charge in [0.25, 0.3) is 0 Å². The highest BCUT2D eigenvalue weighted by molar-refractivity contribution is 6.30. The quantitative estimate of drug-likeness (QED) is 0.751. The number of carbonyl (C=O) groups is 1. The smallest absolute Gasteiger partial charge is 0.223 e. The van der Waals surface area contributed by atoms with Crippen LogP contribution in [-0.4, -0.2) is 30.4 Å². The van der Waals surface area contributed by atoms with Gasteiger partial charge in [0.2, 0.25) is 5.91 Å². The van der Waals surface area contributed by atoms with Gasteiger partial charge in [-0.05, 0) is 61.7 Å². The van der Waals surface area contributed by atoms with Crippen molar-refractivity contribution >= 4 is 17.5 Å². The standard InChI is InChI=1S/C22H26ClFN2O/c1-16(13-17-7-2-3-10-20(17)24)22(27)25-15-21(26-11-4-5-12-26)18-8-6-9-19(23)14-18/h2-3,6-10,14,16,21H,4-5,11-13,15H2,1H3,(H,25,27). The van der Waals surface area contributed by atoms with Gasteiger partial charge in [0.1, 0.15) is 5.82 Å². The van der Waals surface area contributed by atoms with E-state index in [1.807, 2.05) is 25.1 Å². The Labute approximate surface area is 165 Å². The molecule has 0 radical (unpaired) electrons. The first kappa shape index (κ1) is 19.8. The van der Waals surface area contributed by atoms with Crippen LogP contribution in [0.2, 0.25) is 5.02 Å². The zero-order valence-electron chi connectivity index (χ0n) is 15.6. The van der Waals surface area contributed by atoms with Gasteiger partial charge in [0, 0.05) is 17.5 Å². The Bertz CT molecular complexity index is 776.